The molecule has 2 nitrogen and oxygen atoms in total. The van der Waals surface area contributed by atoms with E-state index >= 15 is 0 Å². The molecule has 0 aromatic heterocycles. The quantitative estimate of drug-likeness (QED) is 0.604. The monoisotopic (exact) mass is 172 g/mol. The van der Waals surface area contributed by atoms with Crippen LogP contribution in [0.1, 0.15) is 34.1 Å². The number of rotatable bonds is 1. The average Bonchev–Trinajstić information content (AvgIpc) is 2.00. The number of methoxy groups -OCH3 is 1. The fourth-order valence-corrected chi connectivity index (χ4v) is 2.05. The minimum atomic E-state index is -0.00289. The predicted octanol–water partition coefficient (Wildman–Crippen LogP) is 2.22. The Bertz CT molecular complexity index is 158. The maximum Gasteiger partial charge on any atom is 0.0725 e. The van der Waals surface area contributed by atoms with Gasteiger partial charge in [-0.25, -0.2) is 0 Å². The van der Waals surface area contributed by atoms with Crippen molar-refractivity contribution in [3.63, 3.8) is 0 Å². The number of ether oxygens (including phenoxy) is 2. The molecular formula is C10H20O2. The van der Waals surface area contributed by atoms with E-state index in [4.69, 9.17) is 9.47 Å². The molecule has 0 bridgehead atoms. The van der Waals surface area contributed by atoms with E-state index in [2.05, 4.69) is 27.7 Å². The lowest BCUT2D eigenvalue weighted by atomic mass is 9.80. The van der Waals surface area contributed by atoms with Crippen LogP contribution in [0, 0.1) is 5.92 Å². The van der Waals surface area contributed by atoms with Gasteiger partial charge in [-0.3, -0.25) is 0 Å². The van der Waals surface area contributed by atoms with Gasteiger partial charge < -0.3 is 9.47 Å². The summed E-state index contributed by atoms with van der Waals surface area (Å²) in [4.78, 5) is 0. The molecule has 0 spiro atoms. The van der Waals surface area contributed by atoms with Gasteiger partial charge in [0.2, 0.25) is 0 Å². The van der Waals surface area contributed by atoms with Crippen molar-refractivity contribution in [2.75, 3.05) is 7.11 Å². The van der Waals surface area contributed by atoms with E-state index in [1.165, 1.54) is 0 Å². The van der Waals surface area contributed by atoms with Crippen LogP contribution in [0.2, 0.25) is 0 Å². The van der Waals surface area contributed by atoms with Crippen molar-refractivity contribution in [3.8, 4) is 0 Å². The summed E-state index contributed by atoms with van der Waals surface area (Å²) in [5.74, 6) is 0.471. The fourth-order valence-electron chi connectivity index (χ4n) is 2.05. The summed E-state index contributed by atoms with van der Waals surface area (Å²) in [6.07, 6.45) is 1.62. The van der Waals surface area contributed by atoms with Gasteiger partial charge >= 0.3 is 0 Å². The van der Waals surface area contributed by atoms with Gasteiger partial charge in [0.25, 0.3) is 0 Å². The van der Waals surface area contributed by atoms with Crippen molar-refractivity contribution in [3.05, 3.63) is 0 Å². The molecular weight excluding hydrogens is 152 g/mol. The normalized spacial score (nSPS) is 49.2. The third kappa shape index (κ3) is 1.64. The van der Waals surface area contributed by atoms with Gasteiger partial charge in [-0.1, -0.05) is 6.92 Å². The molecule has 1 heterocycles. The highest BCUT2D eigenvalue weighted by molar-refractivity contribution is 4.90. The van der Waals surface area contributed by atoms with Gasteiger partial charge in [0.1, 0.15) is 0 Å². The lowest BCUT2D eigenvalue weighted by Gasteiger charge is -2.44. The van der Waals surface area contributed by atoms with Crippen molar-refractivity contribution in [1.29, 1.82) is 0 Å². The van der Waals surface area contributed by atoms with Crippen LogP contribution < -0.4 is 0 Å². The van der Waals surface area contributed by atoms with Crippen LogP contribution in [-0.2, 0) is 9.47 Å². The van der Waals surface area contributed by atoms with Crippen LogP contribution in [0.3, 0.4) is 0 Å². The Kier molecular flexibility index (Phi) is 2.79. The first kappa shape index (κ1) is 10.0. The smallest absolute Gasteiger partial charge is 0.0725 e. The van der Waals surface area contributed by atoms with Crippen LogP contribution >= 0.6 is 0 Å². The molecule has 0 amide bonds. The summed E-state index contributed by atoms with van der Waals surface area (Å²) in [7, 11) is 1.79. The van der Waals surface area contributed by atoms with E-state index in [0.29, 0.717) is 18.1 Å². The molecule has 2 heteroatoms. The Labute approximate surface area is 75.2 Å². The highest BCUT2D eigenvalue weighted by atomic mass is 16.5. The average molecular weight is 172 g/mol. The van der Waals surface area contributed by atoms with Crippen LogP contribution in [0.15, 0.2) is 0 Å². The number of hydrogen-bond acceptors (Lipinski definition) is 2. The molecule has 72 valence electrons. The summed E-state index contributed by atoms with van der Waals surface area (Å²) in [5, 5.41) is 0. The summed E-state index contributed by atoms with van der Waals surface area (Å²) in [5.41, 5.74) is -0.00289. The molecule has 4 atom stereocenters. The van der Waals surface area contributed by atoms with Crippen LogP contribution in [0.5, 0.6) is 0 Å². The highest BCUT2D eigenvalue weighted by Crippen LogP contribution is 2.35. The van der Waals surface area contributed by atoms with Crippen molar-refractivity contribution >= 4 is 0 Å². The summed E-state index contributed by atoms with van der Waals surface area (Å²) < 4.78 is 11.3. The first-order valence-electron chi connectivity index (χ1n) is 4.70. The molecule has 1 unspecified atom stereocenters. The molecule has 12 heavy (non-hydrogen) atoms. The zero-order chi connectivity index (χ0) is 9.35. The zero-order valence-electron chi connectivity index (χ0n) is 8.76. The Morgan fingerprint density at radius 2 is 1.92 bits per heavy atom. The van der Waals surface area contributed by atoms with E-state index in [-0.39, 0.29) is 5.60 Å². The molecule has 0 radical (unpaired) electrons. The molecule has 0 aromatic rings. The molecule has 0 aromatic carbocycles. The van der Waals surface area contributed by atoms with Crippen molar-refractivity contribution in [2.45, 2.75) is 51.9 Å². The summed E-state index contributed by atoms with van der Waals surface area (Å²) in [6, 6.07) is 0. The molecule has 1 rings (SSSR count). The van der Waals surface area contributed by atoms with Gasteiger partial charge in [0, 0.05) is 19.4 Å². The summed E-state index contributed by atoms with van der Waals surface area (Å²) >= 11 is 0. The first-order chi connectivity index (χ1) is 5.49. The first-order valence-corrected chi connectivity index (χ1v) is 4.70. The van der Waals surface area contributed by atoms with Gasteiger partial charge in [0.15, 0.2) is 0 Å². The van der Waals surface area contributed by atoms with Gasteiger partial charge in [0.05, 0.1) is 17.8 Å². The van der Waals surface area contributed by atoms with E-state index < -0.39 is 0 Å². The maximum absolute atomic E-state index is 5.72. The van der Waals surface area contributed by atoms with Crippen LogP contribution in [0.25, 0.3) is 0 Å². The third-order valence-corrected chi connectivity index (χ3v) is 3.27. The second-order valence-corrected chi connectivity index (χ2v) is 4.16. The van der Waals surface area contributed by atoms with Crippen LogP contribution in [-0.4, -0.2) is 24.9 Å². The van der Waals surface area contributed by atoms with E-state index in [1.54, 1.807) is 7.11 Å². The van der Waals surface area contributed by atoms with Gasteiger partial charge in [-0.15, -0.1) is 0 Å². The molecule has 0 aliphatic carbocycles. The minimum absolute atomic E-state index is 0.00289. The van der Waals surface area contributed by atoms with E-state index in [0.717, 1.165) is 6.42 Å². The molecule has 1 saturated heterocycles. The molecule has 1 fully saturated rings. The minimum Gasteiger partial charge on any atom is -0.378 e. The van der Waals surface area contributed by atoms with Gasteiger partial charge in [-0.2, -0.15) is 0 Å². The van der Waals surface area contributed by atoms with Gasteiger partial charge in [-0.05, 0) is 20.8 Å². The standard InChI is InChI=1S/C10H20O2/c1-7-6-10(4,11-5)8(2)9(3)12-7/h7-9H,6H2,1-5H3/t7-,8-,9?,10+/m0/s1. The molecule has 1 aliphatic rings. The SMILES string of the molecule is CO[C@]1(C)C[C@H](C)OC(C)[C@@H]1C. The lowest BCUT2D eigenvalue weighted by Crippen LogP contribution is -2.49. The van der Waals surface area contributed by atoms with Crippen molar-refractivity contribution in [1.82, 2.24) is 0 Å². The molecule has 0 saturated carbocycles. The van der Waals surface area contributed by atoms with Crippen molar-refractivity contribution in [2.24, 2.45) is 5.92 Å². The third-order valence-electron chi connectivity index (χ3n) is 3.27. The summed E-state index contributed by atoms with van der Waals surface area (Å²) in [6.45, 7) is 8.60. The van der Waals surface area contributed by atoms with E-state index in [1.807, 2.05) is 0 Å². The Hall–Kier alpha value is -0.0800. The fraction of sp³-hybridized carbons (Fsp3) is 1.00. The zero-order valence-corrected chi connectivity index (χ0v) is 8.76. The lowest BCUT2D eigenvalue weighted by molar-refractivity contribution is -0.175. The second kappa shape index (κ2) is 3.35. The molecule has 0 N–H and O–H groups in total. The highest BCUT2D eigenvalue weighted by Gasteiger charge is 2.41. The Morgan fingerprint density at radius 3 is 2.42 bits per heavy atom. The largest absolute Gasteiger partial charge is 0.378 e. The Balaban J connectivity index is 2.72. The van der Waals surface area contributed by atoms with Crippen molar-refractivity contribution < 1.29 is 9.47 Å². The number of hydrogen-bond donors (Lipinski definition) is 0. The van der Waals surface area contributed by atoms with Crippen LogP contribution in [0.4, 0.5) is 0 Å². The van der Waals surface area contributed by atoms with E-state index in [9.17, 15) is 0 Å². The topological polar surface area (TPSA) is 18.5 Å². The predicted molar refractivity (Wildman–Crippen MR) is 49.2 cm³/mol. The Morgan fingerprint density at radius 1 is 1.33 bits per heavy atom. The maximum atomic E-state index is 5.72. The second-order valence-electron chi connectivity index (χ2n) is 4.16. The molecule has 1 aliphatic heterocycles.